The molecule has 0 aromatic heterocycles. The van der Waals surface area contributed by atoms with Gasteiger partial charge in [-0.3, -0.25) is 10.2 Å². The highest BCUT2D eigenvalue weighted by molar-refractivity contribution is 6.64. The first kappa shape index (κ1) is 13.5. The first-order valence-electron chi connectivity index (χ1n) is 5.97. The quantitative estimate of drug-likeness (QED) is 0.378. The van der Waals surface area contributed by atoms with Crippen LogP contribution in [0.1, 0.15) is 10.4 Å². The van der Waals surface area contributed by atoms with E-state index in [-0.39, 0.29) is 11.5 Å². The Labute approximate surface area is 116 Å². The van der Waals surface area contributed by atoms with Gasteiger partial charge in [-0.05, 0) is 12.1 Å². The van der Waals surface area contributed by atoms with Crippen LogP contribution < -0.4 is 5.43 Å². The van der Waals surface area contributed by atoms with Crippen molar-refractivity contribution in [3.8, 4) is 0 Å². The zero-order chi connectivity index (χ0) is 14.2. The Morgan fingerprint density at radius 1 is 1.00 bits per heavy atom. The third kappa shape index (κ3) is 3.52. The topological polar surface area (TPSA) is 74.0 Å². The van der Waals surface area contributed by atoms with E-state index in [0.717, 1.165) is 11.9 Å². The molecule has 2 N–H and O–H groups in total. The lowest BCUT2D eigenvalue weighted by Gasteiger charge is -2.03. The average molecular weight is 267 g/mol. The van der Waals surface area contributed by atoms with Crippen LogP contribution in [0, 0.1) is 0 Å². The van der Waals surface area contributed by atoms with Gasteiger partial charge in [0.1, 0.15) is 0 Å². The standard InChI is InChI=1S/C15H13N3O2/c19-15(12-7-3-1-4-8-12)14(11-16-20)18-17-13-9-5-2-6-10-13/h1-11,17,20H/b16-11+,18-14+. The monoisotopic (exact) mass is 267 g/mol. The first-order valence-corrected chi connectivity index (χ1v) is 5.97. The first-order chi connectivity index (χ1) is 9.81. The molecule has 20 heavy (non-hydrogen) atoms. The number of carbonyl (C=O) groups is 1. The largest absolute Gasteiger partial charge is 0.411 e. The van der Waals surface area contributed by atoms with E-state index in [9.17, 15) is 4.79 Å². The van der Waals surface area contributed by atoms with Gasteiger partial charge in [0, 0.05) is 5.56 Å². The molecule has 0 spiro atoms. The fraction of sp³-hybridized carbons (Fsp3) is 0. The van der Waals surface area contributed by atoms with Crippen molar-refractivity contribution in [3.63, 3.8) is 0 Å². The van der Waals surface area contributed by atoms with Crippen molar-refractivity contribution in [1.82, 2.24) is 0 Å². The van der Waals surface area contributed by atoms with E-state index >= 15 is 0 Å². The molecule has 0 aliphatic carbocycles. The van der Waals surface area contributed by atoms with Gasteiger partial charge in [0.2, 0.25) is 5.78 Å². The molecule has 0 aliphatic heterocycles. The Kier molecular flexibility index (Phi) is 4.61. The van der Waals surface area contributed by atoms with Gasteiger partial charge in [0.25, 0.3) is 0 Å². The summed E-state index contributed by atoms with van der Waals surface area (Å²) in [6.07, 6.45) is 1.01. The van der Waals surface area contributed by atoms with Crippen LogP contribution in [0.5, 0.6) is 0 Å². The minimum atomic E-state index is -0.327. The Morgan fingerprint density at radius 3 is 2.20 bits per heavy atom. The van der Waals surface area contributed by atoms with Crippen molar-refractivity contribution in [2.75, 3.05) is 5.43 Å². The van der Waals surface area contributed by atoms with Crippen LogP contribution in [-0.2, 0) is 0 Å². The van der Waals surface area contributed by atoms with Crippen molar-refractivity contribution >= 4 is 23.4 Å². The maximum Gasteiger partial charge on any atom is 0.214 e. The molecule has 0 saturated heterocycles. The summed E-state index contributed by atoms with van der Waals surface area (Å²) in [7, 11) is 0. The maximum atomic E-state index is 12.2. The number of Topliss-reactive ketones (excluding diaryl/α,β-unsaturated/α-hetero) is 1. The number of hydrazone groups is 1. The molecule has 5 nitrogen and oxygen atoms in total. The Balaban J connectivity index is 2.21. The van der Waals surface area contributed by atoms with Gasteiger partial charge < -0.3 is 5.21 Å². The molecule has 0 unspecified atom stereocenters. The summed E-state index contributed by atoms with van der Waals surface area (Å²) in [4.78, 5) is 12.2. The molecule has 0 aliphatic rings. The van der Waals surface area contributed by atoms with Crippen LogP contribution in [0.4, 0.5) is 5.69 Å². The third-order valence-corrected chi connectivity index (χ3v) is 2.53. The molecule has 0 atom stereocenters. The summed E-state index contributed by atoms with van der Waals surface area (Å²) < 4.78 is 0. The number of hydrogen-bond donors (Lipinski definition) is 2. The molecule has 0 fully saturated rings. The second-order valence-electron chi connectivity index (χ2n) is 3.91. The molecule has 100 valence electrons. The van der Waals surface area contributed by atoms with Gasteiger partial charge in [-0.1, -0.05) is 53.7 Å². The third-order valence-electron chi connectivity index (χ3n) is 2.53. The predicted molar refractivity (Wildman–Crippen MR) is 78.6 cm³/mol. The summed E-state index contributed by atoms with van der Waals surface area (Å²) in [6.45, 7) is 0. The maximum absolute atomic E-state index is 12.2. The fourth-order valence-electron chi connectivity index (χ4n) is 1.57. The summed E-state index contributed by atoms with van der Waals surface area (Å²) >= 11 is 0. The number of hydrogen-bond acceptors (Lipinski definition) is 5. The Morgan fingerprint density at radius 2 is 1.60 bits per heavy atom. The number of rotatable bonds is 5. The average Bonchev–Trinajstić information content (AvgIpc) is 2.52. The van der Waals surface area contributed by atoms with Crippen molar-refractivity contribution in [2.45, 2.75) is 0 Å². The van der Waals surface area contributed by atoms with E-state index in [4.69, 9.17) is 5.21 Å². The molecule has 5 heteroatoms. The molecule has 2 aromatic rings. The van der Waals surface area contributed by atoms with E-state index in [1.807, 2.05) is 36.4 Å². The molecule has 0 radical (unpaired) electrons. The zero-order valence-electron chi connectivity index (χ0n) is 10.6. The predicted octanol–water partition coefficient (Wildman–Crippen LogP) is 2.80. The second kappa shape index (κ2) is 6.84. The van der Waals surface area contributed by atoms with Crippen LogP contribution in [0.3, 0.4) is 0 Å². The van der Waals surface area contributed by atoms with Gasteiger partial charge in [-0.15, -0.1) is 0 Å². The van der Waals surface area contributed by atoms with Crippen LogP contribution in [-0.4, -0.2) is 22.9 Å². The zero-order valence-corrected chi connectivity index (χ0v) is 10.6. The number of nitrogens with one attached hydrogen (secondary N) is 1. The summed E-state index contributed by atoms with van der Waals surface area (Å²) in [5, 5.41) is 15.5. The normalized spacial score (nSPS) is 11.5. The minimum Gasteiger partial charge on any atom is -0.411 e. The second-order valence-corrected chi connectivity index (χ2v) is 3.91. The molecule has 0 heterocycles. The van der Waals surface area contributed by atoms with Gasteiger partial charge in [0.05, 0.1) is 11.9 Å². The van der Waals surface area contributed by atoms with Crippen molar-refractivity contribution < 1.29 is 10.0 Å². The van der Waals surface area contributed by atoms with E-state index < -0.39 is 0 Å². The highest BCUT2D eigenvalue weighted by Gasteiger charge is 2.12. The van der Waals surface area contributed by atoms with Crippen LogP contribution in [0.25, 0.3) is 0 Å². The molecule has 2 aromatic carbocycles. The van der Waals surface area contributed by atoms with E-state index in [1.165, 1.54) is 0 Å². The van der Waals surface area contributed by atoms with Crippen molar-refractivity contribution in [1.29, 1.82) is 0 Å². The minimum absolute atomic E-state index is 0.0163. The highest BCUT2D eigenvalue weighted by Crippen LogP contribution is 2.06. The lowest BCUT2D eigenvalue weighted by molar-refractivity contribution is 0.106. The Bertz CT molecular complexity index is 622. The van der Waals surface area contributed by atoms with Crippen LogP contribution >= 0.6 is 0 Å². The number of anilines is 1. The Hall–Kier alpha value is -2.95. The smallest absolute Gasteiger partial charge is 0.214 e. The molecular weight excluding hydrogens is 254 g/mol. The summed E-state index contributed by atoms with van der Waals surface area (Å²) in [6, 6.07) is 17.9. The summed E-state index contributed by atoms with van der Waals surface area (Å²) in [5.41, 5.74) is 3.97. The van der Waals surface area contributed by atoms with Crippen molar-refractivity contribution in [3.05, 3.63) is 66.2 Å². The van der Waals surface area contributed by atoms with Gasteiger partial charge in [-0.2, -0.15) is 5.10 Å². The molecule has 0 amide bonds. The molecule has 0 bridgehead atoms. The van der Waals surface area contributed by atoms with E-state index in [0.29, 0.717) is 5.56 Å². The lowest BCUT2D eigenvalue weighted by Crippen LogP contribution is -2.17. The number of oxime groups is 1. The number of benzene rings is 2. The van der Waals surface area contributed by atoms with Crippen molar-refractivity contribution in [2.24, 2.45) is 10.3 Å². The van der Waals surface area contributed by atoms with Crippen LogP contribution in [0.2, 0.25) is 0 Å². The van der Waals surface area contributed by atoms with Gasteiger partial charge in [-0.25, -0.2) is 0 Å². The van der Waals surface area contributed by atoms with E-state index in [2.05, 4.69) is 15.7 Å². The van der Waals surface area contributed by atoms with Gasteiger partial charge >= 0.3 is 0 Å². The molecule has 0 saturated carbocycles. The SMILES string of the molecule is O=C(C(/C=N/O)=N/Nc1ccccc1)c1ccccc1. The number of para-hydroxylation sites is 1. The number of nitrogens with zero attached hydrogens (tertiary/aromatic N) is 2. The van der Waals surface area contributed by atoms with E-state index in [1.54, 1.807) is 24.3 Å². The number of carbonyl (C=O) groups excluding carboxylic acids is 1. The van der Waals surface area contributed by atoms with Gasteiger partial charge in [0.15, 0.2) is 5.71 Å². The fourth-order valence-corrected chi connectivity index (χ4v) is 1.57. The number of ketones is 1. The molecular formula is C15H13N3O2. The highest BCUT2D eigenvalue weighted by atomic mass is 16.4. The molecule has 2 rings (SSSR count). The summed E-state index contributed by atoms with van der Waals surface area (Å²) in [5.74, 6) is -0.327. The van der Waals surface area contributed by atoms with Crippen LogP contribution in [0.15, 0.2) is 70.9 Å². The lowest BCUT2D eigenvalue weighted by atomic mass is 10.1.